The van der Waals surface area contributed by atoms with Crippen LogP contribution in [0.2, 0.25) is 5.02 Å². The number of nitrogens with one attached hydrogen (secondary N) is 1. The Morgan fingerprint density at radius 3 is 2.50 bits per heavy atom. The molecule has 0 aliphatic heterocycles. The largest absolute Gasteiger partial charge is 0.418 e. The van der Waals surface area contributed by atoms with Crippen LogP contribution in [-0.2, 0) is 6.18 Å². The summed E-state index contributed by atoms with van der Waals surface area (Å²) in [6.45, 7) is 0. The lowest BCUT2D eigenvalue weighted by atomic mass is 10.2. The van der Waals surface area contributed by atoms with Crippen molar-refractivity contribution in [2.75, 3.05) is 5.43 Å². The van der Waals surface area contributed by atoms with Gasteiger partial charge in [0.05, 0.1) is 17.5 Å². The Morgan fingerprint density at radius 2 is 1.80 bits per heavy atom. The Hall–Kier alpha value is -2.01. The Morgan fingerprint density at radius 1 is 1.05 bits per heavy atom. The first-order valence-corrected chi connectivity index (χ1v) is 6.05. The standard InChI is InChI=1S/C14H10ClF3N2/c15-11-5-3-4-10(8-11)9-19-20-13-7-2-1-6-12(13)14(16,17)18/h1-9,20H/b19-9-. The maximum Gasteiger partial charge on any atom is 0.418 e. The molecule has 0 unspecified atom stereocenters. The zero-order chi connectivity index (χ0) is 14.6. The average Bonchev–Trinajstić information content (AvgIpc) is 2.38. The molecular weight excluding hydrogens is 289 g/mol. The second-order valence-corrected chi connectivity index (χ2v) is 4.40. The zero-order valence-corrected chi connectivity index (χ0v) is 10.9. The van der Waals surface area contributed by atoms with E-state index in [9.17, 15) is 13.2 Å². The SMILES string of the molecule is FC(F)(F)c1ccccc1N/N=C\c1cccc(Cl)c1. The molecule has 0 amide bonds. The van der Waals surface area contributed by atoms with Gasteiger partial charge in [0, 0.05) is 5.02 Å². The van der Waals surface area contributed by atoms with Crippen LogP contribution >= 0.6 is 11.6 Å². The number of hydrogen-bond donors (Lipinski definition) is 1. The summed E-state index contributed by atoms with van der Waals surface area (Å²) in [4.78, 5) is 0. The molecule has 1 N–H and O–H groups in total. The lowest BCUT2D eigenvalue weighted by Crippen LogP contribution is -2.08. The normalized spacial score (nSPS) is 11.8. The molecule has 0 aliphatic rings. The van der Waals surface area contributed by atoms with E-state index in [0.717, 1.165) is 6.07 Å². The summed E-state index contributed by atoms with van der Waals surface area (Å²) in [5.74, 6) is 0. The predicted molar refractivity (Wildman–Crippen MR) is 74.1 cm³/mol. The number of alkyl halides is 3. The van der Waals surface area contributed by atoms with Gasteiger partial charge in [-0.15, -0.1) is 0 Å². The molecule has 0 radical (unpaired) electrons. The highest BCUT2D eigenvalue weighted by Gasteiger charge is 2.33. The van der Waals surface area contributed by atoms with Gasteiger partial charge in [0.25, 0.3) is 0 Å². The van der Waals surface area contributed by atoms with E-state index in [1.807, 2.05) is 0 Å². The van der Waals surface area contributed by atoms with Crippen LogP contribution in [0.15, 0.2) is 53.6 Å². The van der Waals surface area contributed by atoms with Crippen molar-refractivity contribution in [1.82, 2.24) is 0 Å². The summed E-state index contributed by atoms with van der Waals surface area (Å²) in [6, 6.07) is 12.0. The molecule has 0 bridgehead atoms. The highest BCUT2D eigenvalue weighted by molar-refractivity contribution is 6.30. The van der Waals surface area contributed by atoms with Crippen LogP contribution in [0, 0.1) is 0 Å². The number of anilines is 1. The molecule has 0 heterocycles. The Bertz CT molecular complexity index is 624. The van der Waals surface area contributed by atoms with E-state index in [-0.39, 0.29) is 5.69 Å². The lowest BCUT2D eigenvalue weighted by Gasteiger charge is -2.11. The number of para-hydroxylation sites is 1. The molecule has 0 aliphatic carbocycles. The molecule has 104 valence electrons. The third-order valence-electron chi connectivity index (χ3n) is 2.48. The first-order chi connectivity index (χ1) is 9.47. The number of benzene rings is 2. The van der Waals surface area contributed by atoms with E-state index in [1.165, 1.54) is 24.4 Å². The lowest BCUT2D eigenvalue weighted by molar-refractivity contribution is -0.136. The van der Waals surface area contributed by atoms with Gasteiger partial charge in [0.2, 0.25) is 0 Å². The van der Waals surface area contributed by atoms with Crippen molar-refractivity contribution in [3.63, 3.8) is 0 Å². The van der Waals surface area contributed by atoms with Gasteiger partial charge in [0.1, 0.15) is 0 Å². The second kappa shape index (κ2) is 5.96. The number of hydrogen-bond acceptors (Lipinski definition) is 2. The van der Waals surface area contributed by atoms with Gasteiger partial charge in [-0.2, -0.15) is 18.3 Å². The van der Waals surface area contributed by atoms with Crippen molar-refractivity contribution in [2.45, 2.75) is 6.18 Å². The van der Waals surface area contributed by atoms with Crippen LogP contribution < -0.4 is 5.43 Å². The molecule has 0 fully saturated rings. The van der Waals surface area contributed by atoms with Crippen LogP contribution in [0.4, 0.5) is 18.9 Å². The quantitative estimate of drug-likeness (QED) is 0.638. The number of halogens is 4. The maximum atomic E-state index is 12.7. The van der Waals surface area contributed by atoms with Crippen molar-refractivity contribution in [1.29, 1.82) is 0 Å². The van der Waals surface area contributed by atoms with Crippen molar-refractivity contribution >= 4 is 23.5 Å². The van der Waals surface area contributed by atoms with Gasteiger partial charge in [-0.25, -0.2) is 0 Å². The molecule has 6 heteroatoms. The van der Waals surface area contributed by atoms with Crippen LogP contribution in [0.1, 0.15) is 11.1 Å². The Labute approximate surface area is 118 Å². The molecule has 2 aromatic rings. The highest BCUT2D eigenvalue weighted by atomic mass is 35.5. The zero-order valence-electron chi connectivity index (χ0n) is 10.2. The Kier molecular flexibility index (Phi) is 4.29. The highest BCUT2D eigenvalue weighted by Crippen LogP contribution is 2.34. The summed E-state index contributed by atoms with van der Waals surface area (Å²) in [5, 5.41) is 4.33. The molecule has 0 saturated carbocycles. The smallest absolute Gasteiger partial charge is 0.278 e. The van der Waals surface area contributed by atoms with Gasteiger partial charge in [-0.05, 0) is 29.8 Å². The molecule has 2 aromatic carbocycles. The van der Waals surface area contributed by atoms with Gasteiger partial charge < -0.3 is 0 Å². The van der Waals surface area contributed by atoms with E-state index in [2.05, 4.69) is 10.5 Å². The molecule has 0 saturated heterocycles. The third-order valence-corrected chi connectivity index (χ3v) is 2.71. The molecule has 20 heavy (non-hydrogen) atoms. The minimum Gasteiger partial charge on any atom is -0.278 e. The van der Waals surface area contributed by atoms with Gasteiger partial charge >= 0.3 is 6.18 Å². The first kappa shape index (κ1) is 14.4. The van der Waals surface area contributed by atoms with Crippen molar-refractivity contribution in [3.8, 4) is 0 Å². The topological polar surface area (TPSA) is 24.4 Å². The molecule has 2 nitrogen and oxygen atoms in total. The monoisotopic (exact) mass is 298 g/mol. The number of rotatable bonds is 3. The fraction of sp³-hybridized carbons (Fsp3) is 0.0714. The first-order valence-electron chi connectivity index (χ1n) is 5.68. The molecule has 2 rings (SSSR count). The molecule has 0 atom stereocenters. The van der Waals surface area contributed by atoms with Crippen molar-refractivity contribution in [3.05, 3.63) is 64.7 Å². The van der Waals surface area contributed by atoms with E-state index >= 15 is 0 Å². The van der Waals surface area contributed by atoms with E-state index in [1.54, 1.807) is 24.3 Å². The molecule has 0 spiro atoms. The van der Waals surface area contributed by atoms with Crippen LogP contribution in [0.5, 0.6) is 0 Å². The summed E-state index contributed by atoms with van der Waals surface area (Å²) >= 11 is 5.80. The van der Waals surface area contributed by atoms with Gasteiger partial charge in [-0.1, -0.05) is 35.9 Å². The van der Waals surface area contributed by atoms with Crippen LogP contribution in [-0.4, -0.2) is 6.21 Å². The fourth-order valence-corrected chi connectivity index (χ4v) is 1.79. The van der Waals surface area contributed by atoms with E-state index in [4.69, 9.17) is 11.6 Å². The summed E-state index contributed by atoms with van der Waals surface area (Å²) in [7, 11) is 0. The minimum atomic E-state index is -4.42. The predicted octanol–water partition coefficient (Wildman–Crippen LogP) is 4.80. The number of hydrazone groups is 1. The van der Waals surface area contributed by atoms with Gasteiger partial charge in [0.15, 0.2) is 0 Å². The van der Waals surface area contributed by atoms with Crippen molar-refractivity contribution in [2.24, 2.45) is 5.10 Å². The molecule has 0 aromatic heterocycles. The summed E-state index contributed by atoms with van der Waals surface area (Å²) < 4.78 is 38.2. The molecular formula is C14H10ClF3N2. The summed E-state index contributed by atoms with van der Waals surface area (Å²) in [6.07, 6.45) is -3.02. The van der Waals surface area contributed by atoms with E-state index < -0.39 is 11.7 Å². The second-order valence-electron chi connectivity index (χ2n) is 3.97. The maximum absolute atomic E-state index is 12.7. The van der Waals surface area contributed by atoms with Crippen LogP contribution in [0.25, 0.3) is 0 Å². The van der Waals surface area contributed by atoms with E-state index in [0.29, 0.717) is 10.6 Å². The van der Waals surface area contributed by atoms with Crippen molar-refractivity contribution < 1.29 is 13.2 Å². The fourth-order valence-electron chi connectivity index (χ4n) is 1.59. The minimum absolute atomic E-state index is 0.0988. The van der Waals surface area contributed by atoms with Crippen LogP contribution in [0.3, 0.4) is 0 Å². The summed E-state index contributed by atoms with van der Waals surface area (Å²) in [5.41, 5.74) is 2.22. The Balaban J connectivity index is 2.16. The average molecular weight is 299 g/mol. The number of nitrogens with zero attached hydrogens (tertiary/aromatic N) is 1. The third kappa shape index (κ3) is 3.74. The van der Waals surface area contributed by atoms with Gasteiger partial charge in [-0.3, -0.25) is 5.43 Å².